The topological polar surface area (TPSA) is 62.7 Å². The molecule has 3 aromatic carbocycles. The van der Waals surface area contributed by atoms with Crippen LogP contribution in [0.2, 0.25) is 10.0 Å². The minimum absolute atomic E-state index is 0.427. The largest absolute Gasteiger partial charge is 0.364 e. The van der Waals surface area contributed by atoms with Crippen molar-refractivity contribution in [3.05, 3.63) is 99.5 Å². The monoisotopic (exact) mass is 449 g/mol. The molecule has 1 heterocycles. The van der Waals surface area contributed by atoms with Gasteiger partial charge in [0.25, 0.3) is 0 Å². The maximum absolute atomic E-state index is 6.50. The number of nitrogens with zero attached hydrogens (tertiary/aromatic N) is 3. The molecule has 0 saturated heterocycles. The molecule has 0 fully saturated rings. The second-order valence-electron chi connectivity index (χ2n) is 7.12. The fourth-order valence-corrected chi connectivity index (χ4v) is 3.63. The number of aryl methyl sites for hydroxylation is 1. The number of hydrogen-bond acceptors (Lipinski definition) is 5. The number of anilines is 2. The number of benzene rings is 3. The van der Waals surface area contributed by atoms with Crippen LogP contribution in [0.1, 0.15) is 16.7 Å². The second kappa shape index (κ2) is 9.77. The molecule has 31 heavy (non-hydrogen) atoms. The van der Waals surface area contributed by atoms with Gasteiger partial charge in [0.2, 0.25) is 5.95 Å². The van der Waals surface area contributed by atoms with E-state index < -0.39 is 0 Å². The van der Waals surface area contributed by atoms with Crippen molar-refractivity contribution in [1.82, 2.24) is 15.2 Å². The molecule has 4 rings (SSSR count). The predicted octanol–water partition coefficient (Wildman–Crippen LogP) is 6.38. The van der Waals surface area contributed by atoms with Crippen LogP contribution in [0.3, 0.4) is 0 Å². The lowest BCUT2D eigenvalue weighted by Gasteiger charge is -2.14. The fourth-order valence-electron chi connectivity index (χ4n) is 3.16. The number of halogens is 2. The van der Waals surface area contributed by atoms with E-state index >= 15 is 0 Å². The maximum atomic E-state index is 6.50. The molecule has 0 aliphatic carbocycles. The van der Waals surface area contributed by atoms with Gasteiger partial charge in [0.1, 0.15) is 5.69 Å². The smallest absolute Gasteiger partial charge is 0.245 e. The van der Waals surface area contributed by atoms with Gasteiger partial charge in [-0.05, 0) is 35.7 Å². The van der Waals surface area contributed by atoms with E-state index in [2.05, 4.69) is 25.8 Å². The lowest BCUT2D eigenvalue weighted by Crippen LogP contribution is -2.10. The fraction of sp³-hybridized carbons (Fsp3) is 0.125. The van der Waals surface area contributed by atoms with Crippen LogP contribution in [0.4, 0.5) is 11.8 Å². The Labute approximate surface area is 191 Å². The van der Waals surface area contributed by atoms with Crippen LogP contribution in [0.15, 0.2) is 72.8 Å². The van der Waals surface area contributed by atoms with E-state index in [9.17, 15) is 0 Å². The van der Waals surface area contributed by atoms with E-state index in [0.29, 0.717) is 46.2 Å². The maximum Gasteiger partial charge on any atom is 0.245 e. The number of rotatable bonds is 7. The van der Waals surface area contributed by atoms with E-state index in [1.807, 2.05) is 79.7 Å². The van der Waals surface area contributed by atoms with Crippen LogP contribution < -0.4 is 10.6 Å². The zero-order valence-electron chi connectivity index (χ0n) is 16.9. The summed E-state index contributed by atoms with van der Waals surface area (Å²) in [6.45, 7) is 3.14. The summed E-state index contributed by atoms with van der Waals surface area (Å²) in [6, 6.07) is 23.9. The highest BCUT2D eigenvalue weighted by Gasteiger charge is 2.17. The zero-order valence-corrected chi connectivity index (χ0v) is 18.5. The standard InChI is InChI=1S/C24H21Cl2N5/c1-16-12-19(21(26)20(25)13-16)22-23(27-14-17-8-4-2-5-9-17)29-24(31-30-22)28-15-18-10-6-3-7-11-18/h2-13H,14-15H2,1H3,(H2,27,28,29,31). The SMILES string of the molecule is Cc1cc(Cl)c(Cl)c(-c2nnc(NCc3ccccc3)nc2NCc2ccccc2)c1. The summed E-state index contributed by atoms with van der Waals surface area (Å²) in [4.78, 5) is 4.68. The minimum atomic E-state index is 0.427. The van der Waals surface area contributed by atoms with Crippen molar-refractivity contribution < 1.29 is 0 Å². The molecule has 0 bridgehead atoms. The predicted molar refractivity (Wildman–Crippen MR) is 128 cm³/mol. The second-order valence-corrected chi connectivity index (χ2v) is 7.90. The van der Waals surface area contributed by atoms with Gasteiger partial charge in [0.15, 0.2) is 5.82 Å². The molecule has 0 radical (unpaired) electrons. The first-order valence-corrected chi connectivity index (χ1v) is 10.6. The van der Waals surface area contributed by atoms with Gasteiger partial charge in [-0.15, -0.1) is 10.2 Å². The Morgan fingerprint density at radius 1 is 0.774 bits per heavy atom. The molecule has 7 heteroatoms. The highest BCUT2D eigenvalue weighted by atomic mass is 35.5. The lowest BCUT2D eigenvalue weighted by molar-refractivity contribution is 0.943. The average Bonchev–Trinajstić information content (AvgIpc) is 2.80. The van der Waals surface area contributed by atoms with E-state index in [-0.39, 0.29) is 0 Å². The van der Waals surface area contributed by atoms with E-state index in [1.54, 1.807) is 0 Å². The molecular weight excluding hydrogens is 429 g/mol. The summed E-state index contributed by atoms with van der Waals surface area (Å²) in [7, 11) is 0. The molecule has 0 atom stereocenters. The van der Waals surface area contributed by atoms with Gasteiger partial charge >= 0.3 is 0 Å². The van der Waals surface area contributed by atoms with Crippen molar-refractivity contribution in [3.8, 4) is 11.3 Å². The Bertz CT molecular complexity index is 1170. The molecular formula is C24H21Cl2N5. The van der Waals surface area contributed by atoms with Crippen LogP contribution in [0.5, 0.6) is 0 Å². The molecule has 0 unspecified atom stereocenters. The van der Waals surface area contributed by atoms with Crippen LogP contribution in [-0.2, 0) is 13.1 Å². The Morgan fingerprint density at radius 3 is 2.03 bits per heavy atom. The molecule has 0 saturated carbocycles. The summed E-state index contributed by atoms with van der Waals surface area (Å²) in [5, 5.41) is 16.2. The Morgan fingerprint density at radius 2 is 1.39 bits per heavy atom. The third-order valence-electron chi connectivity index (χ3n) is 4.71. The van der Waals surface area contributed by atoms with E-state index in [0.717, 1.165) is 16.7 Å². The quantitative estimate of drug-likeness (QED) is 0.342. The average molecular weight is 450 g/mol. The lowest BCUT2D eigenvalue weighted by atomic mass is 10.1. The van der Waals surface area contributed by atoms with Gasteiger partial charge in [-0.3, -0.25) is 0 Å². The molecule has 4 aromatic rings. The first kappa shape index (κ1) is 21.1. The number of hydrogen-bond donors (Lipinski definition) is 2. The first-order chi connectivity index (χ1) is 15.1. The van der Waals surface area contributed by atoms with Crippen molar-refractivity contribution in [2.75, 3.05) is 10.6 Å². The van der Waals surface area contributed by atoms with Gasteiger partial charge in [-0.2, -0.15) is 4.98 Å². The molecule has 156 valence electrons. The third-order valence-corrected chi connectivity index (χ3v) is 5.51. The van der Waals surface area contributed by atoms with Crippen molar-refractivity contribution in [3.63, 3.8) is 0 Å². The van der Waals surface area contributed by atoms with E-state index in [4.69, 9.17) is 23.2 Å². The number of nitrogens with one attached hydrogen (secondary N) is 2. The van der Waals surface area contributed by atoms with Gasteiger partial charge in [-0.1, -0.05) is 83.9 Å². The van der Waals surface area contributed by atoms with Crippen LogP contribution in [0.25, 0.3) is 11.3 Å². The van der Waals surface area contributed by atoms with Crippen LogP contribution in [-0.4, -0.2) is 15.2 Å². The van der Waals surface area contributed by atoms with Crippen molar-refractivity contribution in [2.45, 2.75) is 20.0 Å². The van der Waals surface area contributed by atoms with Gasteiger partial charge in [-0.25, -0.2) is 0 Å². The van der Waals surface area contributed by atoms with Gasteiger partial charge in [0.05, 0.1) is 10.0 Å². The summed E-state index contributed by atoms with van der Waals surface area (Å²) >= 11 is 12.8. The summed E-state index contributed by atoms with van der Waals surface area (Å²) in [5.74, 6) is 1.01. The molecule has 0 spiro atoms. The highest BCUT2D eigenvalue weighted by Crippen LogP contribution is 2.36. The molecule has 1 aromatic heterocycles. The van der Waals surface area contributed by atoms with Crippen LogP contribution >= 0.6 is 23.2 Å². The minimum Gasteiger partial charge on any atom is -0.364 e. The van der Waals surface area contributed by atoms with Gasteiger partial charge < -0.3 is 10.6 Å². The van der Waals surface area contributed by atoms with Crippen molar-refractivity contribution in [2.24, 2.45) is 0 Å². The van der Waals surface area contributed by atoms with E-state index in [1.165, 1.54) is 0 Å². The van der Waals surface area contributed by atoms with Crippen LogP contribution in [0, 0.1) is 6.92 Å². The number of aromatic nitrogens is 3. The summed E-state index contributed by atoms with van der Waals surface area (Å²) in [6.07, 6.45) is 0. The summed E-state index contributed by atoms with van der Waals surface area (Å²) in [5.41, 5.74) is 4.47. The zero-order chi connectivity index (χ0) is 21.6. The first-order valence-electron chi connectivity index (χ1n) is 9.86. The van der Waals surface area contributed by atoms with Crippen molar-refractivity contribution in [1.29, 1.82) is 0 Å². The molecule has 2 N–H and O–H groups in total. The normalized spacial score (nSPS) is 10.7. The Kier molecular flexibility index (Phi) is 6.65. The summed E-state index contributed by atoms with van der Waals surface area (Å²) < 4.78 is 0. The Balaban J connectivity index is 1.66. The molecule has 0 aliphatic rings. The van der Waals surface area contributed by atoms with Crippen molar-refractivity contribution >= 4 is 35.0 Å². The highest BCUT2D eigenvalue weighted by molar-refractivity contribution is 6.43. The third kappa shape index (κ3) is 5.32. The molecule has 5 nitrogen and oxygen atoms in total. The van der Waals surface area contributed by atoms with Gasteiger partial charge in [0, 0.05) is 18.7 Å². The molecule has 0 amide bonds. The molecule has 0 aliphatic heterocycles. The Hall–Kier alpha value is -3.15.